The highest BCUT2D eigenvalue weighted by Crippen LogP contribution is 2.22. The molecule has 0 radical (unpaired) electrons. The lowest BCUT2D eigenvalue weighted by molar-refractivity contribution is -0.132. The van der Waals surface area contributed by atoms with Crippen LogP contribution in [0.25, 0.3) is 10.2 Å². The van der Waals surface area contributed by atoms with Gasteiger partial charge >= 0.3 is 0 Å². The van der Waals surface area contributed by atoms with Crippen LogP contribution in [0.5, 0.6) is 0 Å². The summed E-state index contributed by atoms with van der Waals surface area (Å²) in [5.74, 6) is 0.317. The first-order valence-electron chi connectivity index (χ1n) is 8.03. The summed E-state index contributed by atoms with van der Waals surface area (Å²) in [7, 11) is 2.11. The number of nitrogens with zero attached hydrogens (tertiary/aromatic N) is 3. The Balaban J connectivity index is 1.40. The third kappa shape index (κ3) is 3.84. The number of likely N-dealkylation sites (N-methyl/N-ethyl adjacent to an activating group) is 1. The van der Waals surface area contributed by atoms with Crippen molar-refractivity contribution in [3.8, 4) is 0 Å². The molecule has 2 heterocycles. The first-order chi connectivity index (χ1) is 10.7. The second-order valence-electron chi connectivity index (χ2n) is 5.97. The average molecular weight is 317 g/mol. The second-order valence-corrected chi connectivity index (χ2v) is 7.08. The van der Waals surface area contributed by atoms with Crippen molar-refractivity contribution in [2.24, 2.45) is 0 Å². The summed E-state index contributed by atoms with van der Waals surface area (Å²) in [4.78, 5) is 21.1. The number of hydrogen-bond acceptors (Lipinski definition) is 4. The smallest absolute Gasteiger partial charge is 0.222 e. The zero-order valence-electron chi connectivity index (χ0n) is 13.1. The summed E-state index contributed by atoms with van der Waals surface area (Å²) in [5.41, 5.74) is 1.09. The van der Waals surface area contributed by atoms with Gasteiger partial charge in [-0.25, -0.2) is 4.98 Å². The Labute approximate surface area is 135 Å². The Hall–Kier alpha value is -1.46. The number of amides is 1. The first-order valence-corrected chi connectivity index (χ1v) is 8.85. The van der Waals surface area contributed by atoms with E-state index < -0.39 is 0 Å². The summed E-state index contributed by atoms with van der Waals surface area (Å²) >= 11 is 1.77. The van der Waals surface area contributed by atoms with Crippen LogP contribution in [-0.2, 0) is 11.2 Å². The molecule has 0 N–H and O–H groups in total. The molecule has 1 amide bonds. The number of aryl methyl sites for hydroxylation is 1. The largest absolute Gasteiger partial charge is 0.340 e. The summed E-state index contributed by atoms with van der Waals surface area (Å²) < 4.78 is 1.26. The van der Waals surface area contributed by atoms with Crippen LogP contribution in [0.1, 0.15) is 24.3 Å². The highest BCUT2D eigenvalue weighted by molar-refractivity contribution is 7.18. The topological polar surface area (TPSA) is 36.4 Å². The van der Waals surface area contributed by atoms with Gasteiger partial charge in [0.15, 0.2) is 0 Å². The highest BCUT2D eigenvalue weighted by Gasteiger charge is 2.18. The van der Waals surface area contributed by atoms with Gasteiger partial charge in [-0.3, -0.25) is 4.79 Å². The fourth-order valence-corrected chi connectivity index (χ4v) is 3.80. The Morgan fingerprint density at radius 2 is 1.95 bits per heavy atom. The molecule has 0 aliphatic carbocycles. The molecule has 1 fully saturated rings. The van der Waals surface area contributed by atoms with Crippen LogP contribution in [0.2, 0.25) is 0 Å². The molecule has 1 aliphatic heterocycles. The molecule has 22 heavy (non-hydrogen) atoms. The molecule has 2 aromatic rings. The van der Waals surface area contributed by atoms with Crippen molar-refractivity contribution in [2.75, 3.05) is 33.2 Å². The van der Waals surface area contributed by atoms with E-state index in [0.29, 0.717) is 12.3 Å². The molecule has 0 spiro atoms. The molecule has 1 aliphatic rings. The van der Waals surface area contributed by atoms with E-state index in [1.807, 2.05) is 11.0 Å². The quantitative estimate of drug-likeness (QED) is 0.796. The SMILES string of the molecule is CN1CCN(C(=O)CCCCc2nc3ccccc3s2)CC1. The summed E-state index contributed by atoms with van der Waals surface area (Å²) in [5, 5.41) is 1.19. The second kappa shape index (κ2) is 7.20. The lowest BCUT2D eigenvalue weighted by atomic mass is 10.1. The lowest BCUT2D eigenvalue weighted by Crippen LogP contribution is -2.47. The zero-order chi connectivity index (χ0) is 15.4. The minimum absolute atomic E-state index is 0.317. The molecule has 3 rings (SSSR count). The Morgan fingerprint density at radius 3 is 2.73 bits per heavy atom. The number of carbonyl (C=O) groups is 1. The van der Waals surface area contributed by atoms with Gasteiger partial charge in [0, 0.05) is 32.6 Å². The number of hydrogen-bond donors (Lipinski definition) is 0. The zero-order valence-corrected chi connectivity index (χ0v) is 13.9. The number of benzene rings is 1. The number of piperazine rings is 1. The predicted molar refractivity (Wildman–Crippen MR) is 91.3 cm³/mol. The minimum Gasteiger partial charge on any atom is -0.340 e. The summed E-state index contributed by atoms with van der Waals surface area (Å²) in [6.45, 7) is 3.76. The van der Waals surface area contributed by atoms with E-state index in [1.54, 1.807) is 11.3 Å². The van der Waals surface area contributed by atoms with E-state index in [-0.39, 0.29) is 0 Å². The number of carbonyl (C=O) groups excluding carboxylic acids is 1. The van der Waals surface area contributed by atoms with Crippen LogP contribution in [0.3, 0.4) is 0 Å². The molecule has 0 bridgehead atoms. The van der Waals surface area contributed by atoms with Crippen LogP contribution < -0.4 is 0 Å². The molecule has 1 aromatic heterocycles. The van der Waals surface area contributed by atoms with Crippen molar-refractivity contribution >= 4 is 27.5 Å². The van der Waals surface area contributed by atoms with E-state index in [4.69, 9.17) is 0 Å². The molecule has 5 heteroatoms. The molecule has 1 saturated heterocycles. The van der Waals surface area contributed by atoms with Crippen LogP contribution >= 0.6 is 11.3 Å². The van der Waals surface area contributed by atoms with Gasteiger partial charge in [0.1, 0.15) is 0 Å². The molecular weight excluding hydrogens is 294 g/mol. The average Bonchev–Trinajstić information content (AvgIpc) is 2.95. The van der Waals surface area contributed by atoms with Gasteiger partial charge in [-0.1, -0.05) is 12.1 Å². The van der Waals surface area contributed by atoms with Crippen molar-refractivity contribution in [2.45, 2.75) is 25.7 Å². The van der Waals surface area contributed by atoms with Gasteiger partial charge in [-0.2, -0.15) is 0 Å². The van der Waals surface area contributed by atoms with E-state index in [0.717, 1.165) is 51.0 Å². The third-order valence-corrected chi connectivity index (χ3v) is 5.32. The van der Waals surface area contributed by atoms with E-state index in [2.05, 4.69) is 35.1 Å². The fraction of sp³-hybridized carbons (Fsp3) is 0.529. The van der Waals surface area contributed by atoms with Crippen LogP contribution in [0.4, 0.5) is 0 Å². The number of para-hydroxylation sites is 1. The molecular formula is C17H23N3OS. The first kappa shape index (κ1) is 15.4. The number of unbranched alkanes of at least 4 members (excludes halogenated alkanes) is 1. The third-order valence-electron chi connectivity index (χ3n) is 4.23. The fourth-order valence-electron chi connectivity index (χ4n) is 2.79. The molecule has 1 aromatic carbocycles. The summed E-state index contributed by atoms with van der Waals surface area (Å²) in [6, 6.07) is 8.26. The number of fused-ring (bicyclic) bond motifs is 1. The molecule has 0 saturated carbocycles. The van der Waals surface area contributed by atoms with Gasteiger partial charge in [0.25, 0.3) is 0 Å². The van der Waals surface area contributed by atoms with Gasteiger partial charge in [-0.05, 0) is 38.4 Å². The Kier molecular flexibility index (Phi) is 5.05. The molecule has 118 valence electrons. The molecule has 0 unspecified atom stereocenters. The van der Waals surface area contributed by atoms with Gasteiger partial charge in [-0.15, -0.1) is 11.3 Å². The number of aromatic nitrogens is 1. The van der Waals surface area contributed by atoms with E-state index in [9.17, 15) is 4.79 Å². The standard InChI is InChI=1S/C17H23N3OS/c1-19-10-12-20(13-11-19)17(21)9-5-4-8-16-18-14-6-2-3-7-15(14)22-16/h2-3,6-7H,4-5,8-13H2,1H3. The maximum Gasteiger partial charge on any atom is 0.222 e. The normalized spacial score (nSPS) is 16.3. The van der Waals surface area contributed by atoms with Crippen LogP contribution in [0, 0.1) is 0 Å². The van der Waals surface area contributed by atoms with Gasteiger partial charge < -0.3 is 9.80 Å². The van der Waals surface area contributed by atoms with Crippen LogP contribution in [0.15, 0.2) is 24.3 Å². The van der Waals surface area contributed by atoms with Gasteiger partial charge in [0.2, 0.25) is 5.91 Å². The molecule has 4 nitrogen and oxygen atoms in total. The Morgan fingerprint density at radius 1 is 1.18 bits per heavy atom. The monoisotopic (exact) mass is 317 g/mol. The lowest BCUT2D eigenvalue weighted by Gasteiger charge is -2.32. The van der Waals surface area contributed by atoms with Crippen LogP contribution in [-0.4, -0.2) is 53.9 Å². The van der Waals surface area contributed by atoms with Crippen molar-refractivity contribution < 1.29 is 4.79 Å². The maximum absolute atomic E-state index is 12.2. The predicted octanol–water partition coefficient (Wildman–Crippen LogP) is 2.78. The minimum atomic E-state index is 0.317. The Bertz CT molecular complexity index is 599. The maximum atomic E-state index is 12.2. The van der Waals surface area contributed by atoms with Crippen molar-refractivity contribution in [3.05, 3.63) is 29.3 Å². The molecule has 0 atom stereocenters. The van der Waals surface area contributed by atoms with E-state index >= 15 is 0 Å². The van der Waals surface area contributed by atoms with E-state index in [1.165, 1.54) is 9.71 Å². The van der Waals surface area contributed by atoms with Gasteiger partial charge in [0.05, 0.1) is 15.2 Å². The highest BCUT2D eigenvalue weighted by atomic mass is 32.1. The summed E-state index contributed by atoms with van der Waals surface area (Å²) in [6.07, 6.45) is 3.66. The van der Waals surface area contributed by atoms with Crippen molar-refractivity contribution in [1.82, 2.24) is 14.8 Å². The number of thiazole rings is 1. The number of rotatable bonds is 5. The van der Waals surface area contributed by atoms with Crippen molar-refractivity contribution in [3.63, 3.8) is 0 Å². The van der Waals surface area contributed by atoms with Crippen molar-refractivity contribution in [1.29, 1.82) is 0 Å².